The number of hydrogen-bond acceptors (Lipinski definition) is 3. The summed E-state index contributed by atoms with van der Waals surface area (Å²) in [6.07, 6.45) is 6.23. The minimum atomic E-state index is 0.275. The van der Waals surface area contributed by atoms with E-state index >= 15 is 0 Å². The molecule has 1 saturated heterocycles. The molecule has 2 rings (SSSR count). The van der Waals surface area contributed by atoms with Gasteiger partial charge in [0.2, 0.25) is 0 Å². The lowest BCUT2D eigenvalue weighted by atomic mass is 10.0. The summed E-state index contributed by atoms with van der Waals surface area (Å²) in [4.78, 5) is 5.05. The Kier molecular flexibility index (Phi) is 4.42. The molecule has 96 valence electrons. The van der Waals surface area contributed by atoms with Gasteiger partial charge in [-0.05, 0) is 45.8 Å². The molecule has 3 nitrogen and oxygen atoms in total. The monoisotopic (exact) mass is 235 g/mol. The molecule has 1 saturated carbocycles. The Morgan fingerprint density at radius 2 is 2.12 bits per heavy atom. The number of nitriles is 1. The van der Waals surface area contributed by atoms with Crippen LogP contribution in [0.4, 0.5) is 0 Å². The van der Waals surface area contributed by atoms with Crippen molar-refractivity contribution in [2.24, 2.45) is 5.92 Å². The van der Waals surface area contributed by atoms with E-state index in [4.69, 9.17) is 5.26 Å². The third kappa shape index (κ3) is 2.81. The third-order valence-electron chi connectivity index (χ3n) is 4.62. The maximum absolute atomic E-state index is 9.16. The van der Waals surface area contributed by atoms with Crippen molar-refractivity contribution in [1.82, 2.24) is 9.80 Å². The van der Waals surface area contributed by atoms with Crippen molar-refractivity contribution < 1.29 is 0 Å². The van der Waals surface area contributed by atoms with Gasteiger partial charge in [-0.2, -0.15) is 5.26 Å². The zero-order valence-electron chi connectivity index (χ0n) is 11.2. The van der Waals surface area contributed by atoms with Gasteiger partial charge in [0.05, 0.1) is 12.0 Å². The van der Waals surface area contributed by atoms with E-state index in [1.54, 1.807) is 0 Å². The van der Waals surface area contributed by atoms with Crippen LogP contribution in [0.15, 0.2) is 0 Å². The van der Waals surface area contributed by atoms with Crippen LogP contribution in [0.25, 0.3) is 0 Å². The summed E-state index contributed by atoms with van der Waals surface area (Å²) in [7, 11) is 2.21. The fourth-order valence-electron chi connectivity index (χ4n) is 3.60. The highest BCUT2D eigenvalue weighted by atomic mass is 15.2. The second-order valence-electron chi connectivity index (χ2n) is 5.60. The van der Waals surface area contributed by atoms with Gasteiger partial charge in [-0.1, -0.05) is 13.3 Å². The topological polar surface area (TPSA) is 30.3 Å². The van der Waals surface area contributed by atoms with E-state index in [1.807, 2.05) is 0 Å². The Hall–Kier alpha value is -0.590. The number of hydrogen-bond donors (Lipinski definition) is 0. The van der Waals surface area contributed by atoms with Gasteiger partial charge < -0.3 is 4.90 Å². The quantitative estimate of drug-likeness (QED) is 0.747. The lowest BCUT2D eigenvalue weighted by molar-refractivity contribution is 0.153. The second-order valence-corrected chi connectivity index (χ2v) is 5.60. The van der Waals surface area contributed by atoms with Gasteiger partial charge in [-0.15, -0.1) is 0 Å². The molecule has 2 fully saturated rings. The van der Waals surface area contributed by atoms with E-state index in [1.165, 1.54) is 38.8 Å². The molecule has 0 amide bonds. The molecule has 0 radical (unpaired) electrons. The molecule has 1 heterocycles. The van der Waals surface area contributed by atoms with Crippen LogP contribution < -0.4 is 0 Å². The molecule has 3 atom stereocenters. The van der Waals surface area contributed by atoms with Crippen LogP contribution in [-0.2, 0) is 0 Å². The first-order chi connectivity index (χ1) is 8.26. The minimum absolute atomic E-state index is 0.275. The van der Waals surface area contributed by atoms with Crippen molar-refractivity contribution in [3.05, 3.63) is 0 Å². The van der Waals surface area contributed by atoms with Crippen LogP contribution in [0.1, 0.15) is 39.0 Å². The summed E-state index contributed by atoms with van der Waals surface area (Å²) in [6, 6.07) is 3.73. The summed E-state index contributed by atoms with van der Waals surface area (Å²) in [5, 5.41) is 9.16. The van der Waals surface area contributed by atoms with E-state index < -0.39 is 0 Å². The van der Waals surface area contributed by atoms with Crippen molar-refractivity contribution in [3.8, 4) is 6.07 Å². The molecule has 0 aromatic carbocycles. The number of likely N-dealkylation sites (N-methyl/N-ethyl adjacent to an activating group) is 2. The summed E-state index contributed by atoms with van der Waals surface area (Å²) in [5.74, 6) is 0.275. The third-order valence-corrected chi connectivity index (χ3v) is 4.62. The van der Waals surface area contributed by atoms with Gasteiger partial charge in [-0.3, -0.25) is 4.90 Å². The number of nitrogens with zero attached hydrogens (tertiary/aromatic N) is 3. The highest BCUT2D eigenvalue weighted by Crippen LogP contribution is 2.29. The van der Waals surface area contributed by atoms with Crippen LogP contribution in [0, 0.1) is 17.2 Å². The molecule has 0 N–H and O–H groups in total. The van der Waals surface area contributed by atoms with Crippen LogP contribution in [0.2, 0.25) is 0 Å². The van der Waals surface area contributed by atoms with Crippen LogP contribution >= 0.6 is 0 Å². The van der Waals surface area contributed by atoms with Gasteiger partial charge in [-0.25, -0.2) is 0 Å². The maximum atomic E-state index is 9.16. The van der Waals surface area contributed by atoms with Crippen LogP contribution in [-0.4, -0.2) is 48.6 Å². The van der Waals surface area contributed by atoms with E-state index in [2.05, 4.69) is 29.8 Å². The van der Waals surface area contributed by atoms with Gasteiger partial charge >= 0.3 is 0 Å². The van der Waals surface area contributed by atoms with Gasteiger partial charge in [0.15, 0.2) is 0 Å². The molecule has 0 bridgehead atoms. The predicted molar refractivity (Wildman–Crippen MR) is 69.6 cm³/mol. The van der Waals surface area contributed by atoms with Crippen LogP contribution in [0.5, 0.6) is 0 Å². The highest BCUT2D eigenvalue weighted by molar-refractivity contribution is 4.97. The van der Waals surface area contributed by atoms with E-state index in [9.17, 15) is 0 Å². The molecule has 3 heteroatoms. The molecule has 3 unspecified atom stereocenters. The zero-order chi connectivity index (χ0) is 12.3. The first-order valence-electron chi connectivity index (χ1n) is 7.10. The highest BCUT2D eigenvalue weighted by Gasteiger charge is 2.33. The SMILES string of the molecule is CCN1CCCC1CN(C)C1CCCC1C#N. The molecule has 0 aromatic heterocycles. The van der Waals surface area contributed by atoms with Crippen molar-refractivity contribution in [2.75, 3.05) is 26.7 Å². The average Bonchev–Trinajstić information content (AvgIpc) is 2.96. The summed E-state index contributed by atoms with van der Waals surface area (Å²) < 4.78 is 0. The normalized spacial score (nSPS) is 34.4. The van der Waals surface area contributed by atoms with Crippen molar-refractivity contribution in [3.63, 3.8) is 0 Å². The molecule has 1 aliphatic heterocycles. The lowest BCUT2D eigenvalue weighted by Gasteiger charge is -2.32. The maximum Gasteiger partial charge on any atom is 0.0672 e. The average molecular weight is 235 g/mol. The fourth-order valence-corrected chi connectivity index (χ4v) is 3.60. The van der Waals surface area contributed by atoms with E-state index in [-0.39, 0.29) is 5.92 Å². The molecule has 0 aromatic rings. The van der Waals surface area contributed by atoms with Gasteiger partial charge in [0, 0.05) is 18.6 Å². The first-order valence-corrected chi connectivity index (χ1v) is 7.10. The van der Waals surface area contributed by atoms with Crippen molar-refractivity contribution >= 4 is 0 Å². The van der Waals surface area contributed by atoms with Crippen LogP contribution in [0.3, 0.4) is 0 Å². The van der Waals surface area contributed by atoms with Gasteiger partial charge in [0.1, 0.15) is 0 Å². The number of rotatable bonds is 4. The Bertz CT molecular complexity index is 284. The second kappa shape index (κ2) is 5.84. The Labute approximate surface area is 105 Å². The van der Waals surface area contributed by atoms with Crippen molar-refractivity contribution in [1.29, 1.82) is 5.26 Å². The largest absolute Gasteiger partial charge is 0.301 e. The molecule has 2 aliphatic rings. The Balaban J connectivity index is 1.88. The smallest absolute Gasteiger partial charge is 0.0672 e. The standard InChI is InChI=1S/C14H25N3/c1-3-17-9-5-7-13(17)11-16(2)14-8-4-6-12(14)10-15/h12-14H,3-9,11H2,1-2H3. The van der Waals surface area contributed by atoms with E-state index in [0.29, 0.717) is 6.04 Å². The Morgan fingerprint density at radius 3 is 2.82 bits per heavy atom. The lowest BCUT2D eigenvalue weighted by Crippen LogP contribution is -2.43. The zero-order valence-corrected chi connectivity index (χ0v) is 11.2. The summed E-state index contributed by atoms with van der Waals surface area (Å²) in [6.45, 7) is 5.84. The first kappa shape index (κ1) is 12.9. The summed E-state index contributed by atoms with van der Waals surface area (Å²) in [5.41, 5.74) is 0. The predicted octanol–water partition coefficient (Wildman–Crippen LogP) is 2.09. The Morgan fingerprint density at radius 1 is 1.29 bits per heavy atom. The van der Waals surface area contributed by atoms with Crippen molar-refractivity contribution in [2.45, 2.75) is 51.1 Å². The molecular weight excluding hydrogens is 210 g/mol. The fraction of sp³-hybridized carbons (Fsp3) is 0.929. The molecule has 0 spiro atoms. The molecular formula is C14H25N3. The molecule has 1 aliphatic carbocycles. The minimum Gasteiger partial charge on any atom is -0.301 e. The van der Waals surface area contributed by atoms with Gasteiger partial charge in [0.25, 0.3) is 0 Å². The van der Waals surface area contributed by atoms with E-state index in [0.717, 1.165) is 19.0 Å². The summed E-state index contributed by atoms with van der Waals surface area (Å²) >= 11 is 0. The molecule has 17 heavy (non-hydrogen) atoms. The number of likely N-dealkylation sites (tertiary alicyclic amines) is 1.